The molecule has 186 valence electrons. The van der Waals surface area contributed by atoms with Crippen molar-refractivity contribution in [3.8, 4) is 6.07 Å². The lowest BCUT2D eigenvalue weighted by Gasteiger charge is -2.35. The first-order chi connectivity index (χ1) is 16.6. The Bertz CT molecular complexity index is 1100. The number of aliphatic hydroxyl groups excluding tert-OH is 1. The van der Waals surface area contributed by atoms with Gasteiger partial charge in [0.15, 0.2) is 0 Å². The molecule has 0 unspecified atom stereocenters. The number of carbonyl (C=O) groups is 2. The maximum absolute atomic E-state index is 13.3. The van der Waals surface area contributed by atoms with Gasteiger partial charge in [-0.1, -0.05) is 61.3 Å². The van der Waals surface area contributed by atoms with Crippen LogP contribution < -0.4 is 11.1 Å². The fourth-order valence-electron chi connectivity index (χ4n) is 4.89. The fourth-order valence-corrected chi connectivity index (χ4v) is 5.21. The third kappa shape index (κ3) is 5.96. The van der Waals surface area contributed by atoms with Crippen molar-refractivity contribution in [2.24, 2.45) is 11.7 Å². The standard InChI is InChI=1S/C26H29Cl2N3O4/c1-15(2)10-21-26(14-29,17-6-8-18(27)9-7-17)23(16-4-3-5-19(28)11-16)24(31-21)25(34)35-13-20(32)12-22(30)33/h3-9,11,15,20-21,23-24,31-32H,10,12-13H2,1-2H3,(H2,30,33)/t20-,21-,23-,24+,26-/m0/s1. The summed E-state index contributed by atoms with van der Waals surface area (Å²) in [6.07, 6.45) is -0.932. The highest BCUT2D eigenvalue weighted by atomic mass is 35.5. The maximum Gasteiger partial charge on any atom is 0.323 e. The number of nitriles is 1. The quantitative estimate of drug-likeness (QED) is 0.435. The van der Waals surface area contributed by atoms with Gasteiger partial charge in [-0.3, -0.25) is 14.9 Å². The number of ether oxygens (including phenoxy) is 1. The molecule has 0 bridgehead atoms. The number of halogens is 2. The fraction of sp³-hybridized carbons (Fsp3) is 0.423. The van der Waals surface area contributed by atoms with Gasteiger partial charge >= 0.3 is 5.97 Å². The minimum atomic E-state index is -1.22. The molecular weight excluding hydrogens is 489 g/mol. The first-order valence-electron chi connectivity index (χ1n) is 11.4. The van der Waals surface area contributed by atoms with E-state index in [0.29, 0.717) is 22.0 Å². The highest BCUT2D eigenvalue weighted by Crippen LogP contribution is 2.50. The second-order valence-corrected chi connectivity index (χ2v) is 10.2. The normalized spacial score (nSPS) is 24.7. The van der Waals surface area contributed by atoms with E-state index in [1.54, 1.807) is 30.3 Å². The number of rotatable bonds is 9. The number of nitrogens with two attached hydrogens (primary N) is 1. The van der Waals surface area contributed by atoms with Crippen molar-refractivity contribution in [3.05, 3.63) is 69.7 Å². The van der Waals surface area contributed by atoms with Gasteiger partial charge in [0.25, 0.3) is 0 Å². The van der Waals surface area contributed by atoms with Gasteiger partial charge in [-0.2, -0.15) is 5.26 Å². The zero-order valence-electron chi connectivity index (χ0n) is 19.6. The summed E-state index contributed by atoms with van der Waals surface area (Å²) in [6, 6.07) is 15.4. The van der Waals surface area contributed by atoms with E-state index in [4.69, 9.17) is 33.7 Å². The largest absolute Gasteiger partial charge is 0.462 e. The third-order valence-electron chi connectivity index (χ3n) is 6.28. The lowest BCUT2D eigenvalue weighted by atomic mass is 9.64. The van der Waals surface area contributed by atoms with Crippen LogP contribution in [0.1, 0.15) is 43.7 Å². The van der Waals surface area contributed by atoms with Crippen LogP contribution in [0.25, 0.3) is 0 Å². The Morgan fingerprint density at radius 1 is 1.20 bits per heavy atom. The summed E-state index contributed by atoms with van der Waals surface area (Å²) in [5.74, 6) is -1.78. The van der Waals surface area contributed by atoms with Crippen LogP contribution in [-0.4, -0.2) is 41.8 Å². The molecule has 0 saturated carbocycles. The average Bonchev–Trinajstić information content (AvgIpc) is 3.11. The van der Waals surface area contributed by atoms with Crippen LogP contribution in [0.5, 0.6) is 0 Å². The van der Waals surface area contributed by atoms with E-state index in [0.717, 1.165) is 5.56 Å². The summed E-state index contributed by atoms with van der Waals surface area (Å²) in [4.78, 5) is 24.4. The number of aliphatic hydroxyl groups is 1. The Hall–Kier alpha value is -2.63. The summed E-state index contributed by atoms with van der Waals surface area (Å²) < 4.78 is 5.39. The molecule has 9 heteroatoms. The number of hydrogen-bond donors (Lipinski definition) is 3. The van der Waals surface area contributed by atoms with Gasteiger partial charge in [-0.05, 0) is 47.7 Å². The van der Waals surface area contributed by atoms with Crippen molar-refractivity contribution in [2.45, 2.75) is 56.2 Å². The number of hydrogen-bond acceptors (Lipinski definition) is 6. The van der Waals surface area contributed by atoms with Crippen molar-refractivity contribution >= 4 is 35.1 Å². The molecule has 2 aromatic carbocycles. The summed E-state index contributed by atoms with van der Waals surface area (Å²) in [5.41, 5.74) is 5.39. The molecule has 0 radical (unpaired) electrons. The molecule has 1 fully saturated rings. The number of benzene rings is 2. The van der Waals surface area contributed by atoms with Gasteiger partial charge in [0.2, 0.25) is 5.91 Å². The van der Waals surface area contributed by atoms with E-state index in [1.165, 1.54) is 0 Å². The zero-order chi connectivity index (χ0) is 25.8. The van der Waals surface area contributed by atoms with E-state index < -0.39 is 48.0 Å². The number of nitrogens with zero attached hydrogens (tertiary/aromatic N) is 1. The Balaban J connectivity index is 2.11. The molecule has 0 spiro atoms. The van der Waals surface area contributed by atoms with Gasteiger partial charge in [0, 0.05) is 22.0 Å². The van der Waals surface area contributed by atoms with E-state index in [2.05, 4.69) is 11.4 Å². The summed E-state index contributed by atoms with van der Waals surface area (Å²) in [5, 5.41) is 25.1. The molecule has 1 aliphatic heterocycles. The van der Waals surface area contributed by atoms with Gasteiger partial charge in [-0.15, -0.1) is 0 Å². The van der Waals surface area contributed by atoms with Crippen molar-refractivity contribution in [3.63, 3.8) is 0 Å². The minimum absolute atomic E-state index is 0.222. The smallest absolute Gasteiger partial charge is 0.323 e. The Morgan fingerprint density at radius 2 is 1.89 bits per heavy atom. The molecule has 0 aliphatic carbocycles. The molecule has 1 amide bonds. The molecule has 3 rings (SSSR count). The van der Waals surface area contributed by atoms with Crippen LogP contribution in [-0.2, 0) is 19.7 Å². The lowest BCUT2D eigenvalue weighted by Crippen LogP contribution is -2.42. The maximum atomic E-state index is 13.3. The van der Waals surface area contributed by atoms with E-state index >= 15 is 0 Å². The molecule has 0 aromatic heterocycles. The number of esters is 1. The van der Waals surface area contributed by atoms with Crippen molar-refractivity contribution in [2.75, 3.05) is 6.61 Å². The van der Waals surface area contributed by atoms with Crippen molar-refractivity contribution < 1.29 is 19.4 Å². The van der Waals surface area contributed by atoms with Crippen LogP contribution in [0.4, 0.5) is 0 Å². The first-order valence-corrected chi connectivity index (χ1v) is 12.2. The molecule has 1 heterocycles. The van der Waals surface area contributed by atoms with Gasteiger partial charge in [0.05, 0.1) is 18.6 Å². The SMILES string of the molecule is CC(C)C[C@@H]1N[C@@H](C(=O)OC[C@@H](O)CC(N)=O)[C@H](c2cccc(Cl)c2)[C@@]1(C#N)c1ccc(Cl)cc1. The van der Waals surface area contributed by atoms with Crippen LogP contribution in [0.3, 0.4) is 0 Å². The van der Waals surface area contributed by atoms with Gasteiger partial charge in [0.1, 0.15) is 18.1 Å². The van der Waals surface area contributed by atoms with Gasteiger partial charge < -0.3 is 15.6 Å². The van der Waals surface area contributed by atoms with Crippen LogP contribution >= 0.6 is 23.2 Å². The van der Waals surface area contributed by atoms with Crippen LogP contribution in [0.2, 0.25) is 10.0 Å². The zero-order valence-corrected chi connectivity index (χ0v) is 21.1. The Morgan fingerprint density at radius 3 is 2.46 bits per heavy atom. The molecular formula is C26H29Cl2N3O4. The second kappa shape index (κ2) is 11.4. The van der Waals surface area contributed by atoms with Crippen LogP contribution in [0, 0.1) is 17.2 Å². The monoisotopic (exact) mass is 517 g/mol. The molecule has 4 N–H and O–H groups in total. The Kier molecular flexibility index (Phi) is 8.79. The van der Waals surface area contributed by atoms with E-state index in [9.17, 15) is 20.0 Å². The summed E-state index contributed by atoms with van der Waals surface area (Å²) >= 11 is 12.5. The summed E-state index contributed by atoms with van der Waals surface area (Å²) in [6.45, 7) is 3.70. The predicted octanol–water partition coefficient (Wildman–Crippen LogP) is 3.70. The molecule has 5 atom stereocenters. The van der Waals surface area contributed by atoms with E-state index in [1.807, 2.05) is 32.0 Å². The molecule has 7 nitrogen and oxygen atoms in total. The van der Waals surface area contributed by atoms with E-state index in [-0.39, 0.29) is 12.3 Å². The number of carbonyl (C=O) groups excluding carboxylic acids is 2. The number of nitrogens with one attached hydrogen (secondary N) is 1. The molecule has 2 aromatic rings. The highest BCUT2D eigenvalue weighted by molar-refractivity contribution is 6.30. The predicted molar refractivity (Wildman–Crippen MR) is 134 cm³/mol. The third-order valence-corrected chi connectivity index (χ3v) is 6.77. The van der Waals surface area contributed by atoms with Crippen molar-refractivity contribution in [1.29, 1.82) is 5.26 Å². The van der Waals surface area contributed by atoms with Gasteiger partial charge in [-0.25, -0.2) is 0 Å². The average molecular weight is 518 g/mol. The molecule has 1 saturated heterocycles. The molecule has 35 heavy (non-hydrogen) atoms. The van der Waals surface area contributed by atoms with Crippen molar-refractivity contribution in [1.82, 2.24) is 5.32 Å². The lowest BCUT2D eigenvalue weighted by molar-refractivity contribution is -0.150. The number of amides is 1. The topological polar surface area (TPSA) is 125 Å². The second-order valence-electron chi connectivity index (χ2n) is 9.30. The minimum Gasteiger partial charge on any atom is -0.462 e. The highest BCUT2D eigenvalue weighted by Gasteiger charge is 2.59. The first kappa shape index (κ1) is 27.0. The summed E-state index contributed by atoms with van der Waals surface area (Å²) in [7, 11) is 0. The molecule has 1 aliphatic rings. The Labute approximate surface area is 215 Å². The number of primary amides is 1. The van der Waals surface area contributed by atoms with Crippen LogP contribution in [0.15, 0.2) is 48.5 Å².